The van der Waals surface area contributed by atoms with Gasteiger partial charge in [0.25, 0.3) is 0 Å². The largest absolute Gasteiger partial charge is 0.489 e. The van der Waals surface area contributed by atoms with Crippen LogP contribution in [0.25, 0.3) is 22.3 Å². The van der Waals surface area contributed by atoms with Crippen molar-refractivity contribution in [3.8, 4) is 22.9 Å². The van der Waals surface area contributed by atoms with Crippen LogP contribution >= 0.6 is 0 Å². The molecule has 3 heterocycles. The number of hydrogen-bond acceptors (Lipinski definition) is 6. The summed E-state index contributed by atoms with van der Waals surface area (Å²) >= 11 is 0. The van der Waals surface area contributed by atoms with Gasteiger partial charge in [-0.05, 0) is 31.0 Å². The smallest absolute Gasteiger partial charge is 0.226 e. The summed E-state index contributed by atoms with van der Waals surface area (Å²) < 4.78 is 11.4. The molecule has 0 aliphatic heterocycles. The van der Waals surface area contributed by atoms with Gasteiger partial charge in [0.15, 0.2) is 5.65 Å². The molecular weight excluding hydrogens is 310 g/mol. The minimum absolute atomic E-state index is 0.242. The molecule has 122 valence electrons. The first-order valence-electron chi connectivity index (χ1n) is 7.55. The van der Waals surface area contributed by atoms with Crippen LogP contribution in [0.3, 0.4) is 0 Å². The normalized spacial score (nSPS) is 13.7. The summed E-state index contributed by atoms with van der Waals surface area (Å²) in [6.45, 7) is 0. The summed E-state index contributed by atoms with van der Waals surface area (Å²) in [5.74, 6) is 1.59. The minimum Gasteiger partial charge on any atom is -0.489 e. The molecular formula is C16H15N5O3. The van der Waals surface area contributed by atoms with Gasteiger partial charge in [-0.25, -0.2) is 9.97 Å². The highest BCUT2D eigenvalue weighted by Gasteiger charge is 2.27. The number of aromatic nitrogens is 4. The molecule has 2 N–H and O–H groups in total. The molecule has 1 amide bonds. The first-order valence-corrected chi connectivity index (χ1v) is 7.55. The number of rotatable bonds is 6. The molecule has 4 rings (SSSR count). The average molecular weight is 325 g/mol. The van der Waals surface area contributed by atoms with Gasteiger partial charge in [0.2, 0.25) is 12.3 Å². The fraction of sp³-hybridized carbons (Fsp3) is 0.250. The molecule has 8 heteroatoms. The van der Waals surface area contributed by atoms with Gasteiger partial charge in [0.1, 0.15) is 17.1 Å². The quantitative estimate of drug-likeness (QED) is 0.673. The van der Waals surface area contributed by atoms with Crippen LogP contribution in [0.15, 0.2) is 24.4 Å². The van der Waals surface area contributed by atoms with Crippen LogP contribution in [0.1, 0.15) is 12.8 Å². The van der Waals surface area contributed by atoms with Crippen molar-refractivity contribution in [1.29, 1.82) is 0 Å². The van der Waals surface area contributed by atoms with Gasteiger partial charge in [-0.1, -0.05) is 0 Å². The molecule has 1 saturated carbocycles. The van der Waals surface area contributed by atoms with Crippen molar-refractivity contribution < 1.29 is 14.3 Å². The molecule has 1 aliphatic rings. The van der Waals surface area contributed by atoms with E-state index in [9.17, 15) is 4.79 Å². The highest BCUT2D eigenvalue weighted by atomic mass is 16.5. The van der Waals surface area contributed by atoms with Crippen molar-refractivity contribution in [2.75, 3.05) is 12.4 Å². The molecule has 24 heavy (non-hydrogen) atoms. The van der Waals surface area contributed by atoms with Crippen molar-refractivity contribution in [3.05, 3.63) is 24.4 Å². The number of fused-ring (bicyclic) bond motifs is 1. The van der Waals surface area contributed by atoms with E-state index >= 15 is 0 Å². The molecule has 0 spiro atoms. The molecule has 0 atom stereocenters. The summed E-state index contributed by atoms with van der Waals surface area (Å²) in [7, 11) is 1.57. The average Bonchev–Trinajstić information content (AvgIpc) is 3.32. The van der Waals surface area contributed by atoms with E-state index in [0.717, 1.165) is 23.9 Å². The molecule has 8 nitrogen and oxygen atoms in total. The Hall–Kier alpha value is -3.16. The fourth-order valence-electron chi connectivity index (χ4n) is 2.50. The van der Waals surface area contributed by atoms with Crippen LogP contribution < -0.4 is 14.8 Å². The summed E-state index contributed by atoms with van der Waals surface area (Å²) in [5, 5.41) is 10.5. The lowest BCUT2D eigenvalue weighted by atomic mass is 10.1. The minimum atomic E-state index is 0.242. The molecule has 0 saturated heterocycles. The topological polar surface area (TPSA) is 102 Å². The zero-order valence-electron chi connectivity index (χ0n) is 12.9. The van der Waals surface area contributed by atoms with Crippen LogP contribution in [0.4, 0.5) is 5.82 Å². The Balaban J connectivity index is 1.85. The predicted octanol–water partition coefficient (Wildman–Crippen LogP) is 2.14. The number of aromatic amines is 1. The lowest BCUT2D eigenvalue weighted by molar-refractivity contribution is -0.105. The Morgan fingerprint density at radius 2 is 2.21 bits per heavy atom. The maximum absolute atomic E-state index is 10.6. The van der Waals surface area contributed by atoms with Gasteiger partial charge >= 0.3 is 0 Å². The number of amides is 1. The van der Waals surface area contributed by atoms with Crippen LogP contribution in [0.5, 0.6) is 11.6 Å². The molecule has 0 unspecified atom stereocenters. The molecule has 0 radical (unpaired) electrons. The molecule has 3 aromatic heterocycles. The number of nitrogens with zero attached hydrogens (tertiary/aromatic N) is 3. The van der Waals surface area contributed by atoms with Gasteiger partial charge in [-0.2, -0.15) is 5.10 Å². The Bertz CT molecular complexity index is 904. The van der Waals surface area contributed by atoms with E-state index in [1.54, 1.807) is 19.4 Å². The molecule has 1 aliphatic carbocycles. The van der Waals surface area contributed by atoms with Crippen molar-refractivity contribution in [2.45, 2.75) is 18.9 Å². The maximum Gasteiger partial charge on any atom is 0.226 e. The monoisotopic (exact) mass is 325 g/mol. The van der Waals surface area contributed by atoms with Gasteiger partial charge in [0.05, 0.1) is 18.9 Å². The first kappa shape index (κ1) is 14.4. The Kier molecular flexibility index (Phi) is 3.49. The third-order valence-corrected chi connectivity index (χ3v) is 3.76. The van der Waals surface area contributed by atoms with Crippen molar-refractivity contribution in [3.63, 3.8) is 0 Å². The van der Waals surface area contributed by atoms with Crippen LogP contribution in [-0.2, 0) is 4.79 Å². The van der Waals surface area contributed by atoms with Crippen LogP contribution in [0, 0.1) is 0 Å². The van der Waals surface area contributed by atoms with E-state index in [1.807, 2.05) is 12.1 Å². The van der Waals surface area contributed by atoms with Crippen molar-refractivity contribution in [1.82, 2.24) is 20.2 Å². The number of hydrogen-bond donors (Lipinski definition) is 2. The van der Waals surface area contributed by atoms with Gasteiger partial charge < -0.3 is 14.8 Å². The van der Waals surface area contributed by atoms with E-state index in [0.29, 0.717) is 35.1 Å². The van der Waals surface area contributed by atoms with E-state index in [2.05, 4.69) is 25.5 Å². The second-order valence-electron chi connectivity index (χ2n) is 5.44. The summed E-state index contributed by atoms with van der Waals surface area (Å²) in [6.07, 6.45) is 4.58. The Morgan fingerprint density at radius 1 is 1.33 bits per heavy atom. The first-order chi connectivity index (χ1) is 11.8. The number of nitrogens with one attached hydrogen (secondary N) is 2. The summed E-state index contributed by atoms with van der Waals surface area (Å²) in [4.78, 5) is 19.1. The van der Waals surface area contributed by atoms with Gasteiger partial charge in [-0.3, -0.25) is 9.89 Å². The molecule has 0 bridgehead atoms. The second-order valence-corrected chi connectivity index (χ2v) is 5.44. The molecule has 1 fully saturated rings. The number of pyridine rings is 2. The van der Waals surface area contributed by atoms with E-state index < -0.39 is 0 Å². The molecule has 0 aromatic carbocycles. The number of ether oxygens (including phenoxy) is 2. The lowest BCUT2D eigenvalue weighted by Crippen LogP contribution is -2.01. The van der Waals surface area contributed by atoms with Crippen molar-refractivity contribution in [2.24, 2.45) is 0 Å². The van der Waals surface area contributed by atoms with E-state index in [4.69, 9.17) is 9.47 Å². The van der Waals surface area contributed by atoms with E-state index in [1.165, 1.54) is 0 Å². The Morgan fingerprint density at radius 3 is 2.96 bits per heavy atom. The van der Waals surface area contributed by atoms with Gasteiger partial charge in [-0.15, -0.1) is 0 Å². The molecule has 3 aromatic rings. The lowest BCUT2D eigenvalue weighted by Gasteiger charge is -2.12. The number of carbonyl (C=O) groups is 1. The SMILES string of the molecule is COc1nccc(OC2CC2)c1-c1[nH]nc2nc(NC=O)ccc12. The fourth-order valence-corrected chi connectivity index (χ4v) is 2.50. The van der Waals surface area contributed by atoms with Gasteiger partial charge in [0, 0.05) is 11.6 Å². The van der Waals surface area contributed by atoms with Crippen LogP contribution in [-0.4, -0.2) is 39.8 Å². The second kappa shape index (κ2) is 5.80. The summed E-state index contributed by atoms with van der Waals surface area (Å²) in [5.41, 5.74) is 1.92. The maximum atomic E-state index is 10.6. The van der Waals surface area contributed by atoms with Crippen molar-refractivity contribution >= 4 is 23.3 Å². The third-order valence-electron chi connectivity index (χ3n) is 3.76. The number of H-pyrrole nitrogens is 1. The highest BCUT2D eigenvalue weighted by molar-refractivity contribution is 5.95. The predicted molar refractivity (Wildman–Crippen MR) is 87.0 cm³/mol. The zero-order valence-corrected chi connectivity index (χ0v) is 12.9. The third kappa shape index (κ3) is 2.51. The zero-order chi connectivity index (χ0) is 16.5. The number of methoxy groups -OCH3 is 1. The Labute approximate surface area is 137 Å². The highest BCUT2D eigenvalue weighted by Crippen LogP contribution is 2.41. The summed E-state index contributed by atoms with van der Waals surface area (Å²) in [6, 6.07) is 5.36. The van der Waals surface area contributed by atoms with Crippen LogP contribution in [0.2, 0.25) is 0 Å². The standard InChI is InChI=1S/C16H15N5O3/c1-23-16-13(11(6-7-17-16)24-9-2-3-9)14-10-4-5-12(18-8-22)19-15(10)21-20-14/h4-9H,2-3H2,1H3,(H2,18,19,20,21,22). The number of anilines is 1. The number of carbonyl (C=O) groups excluding carboxylic acids is 1. The van der Waals surface area contributed by atoms with E-state index in [-0.39, 0.29) is 6.10 Å².